The van der Waals surface area contributed by atoms with E-state index < -0.39 is 15.9 Å². The van der Waals surface area contributed by atoms with Crippen molar-refractivity contribution in [2.45, 2.75) is 30.9 Å². The minimum atomic E-state index is -3.08. The number of hydrogen-bond donors (Lipinski definition) is 1. The molecule has 2 aliphatic heterocycles. The number of aromatic nitrogens is 1. The van der Waals surface area contributed by atoms with Crippen LogP contribution in [0.25, 0.3) is 10.2 Å². The van der Waals surface area contributed by atoms with Crippen molar-refractivity contribution in [1.82, 2.24) is 9.88 Å². The molecule has 0 aliphatic carbocycles. The van der Waals surface area contributed by atoms with Crippen molar-refractivity contribution < 1.29 is 13.5 Å². The van der Waals surface area contributed by atoms with Gasteiger partial charge in [0.05, 0.1) is 38.9 Å². The average Bonchev–Trinajstić information content (AvgIpc) is 3.07. The van der Waals surface area contributed by atoms with Crippen molar-refractivity contribution >= 4 is 31.4 Å². The molecule has 3 heterocycles. The van der Waals surface area contributed by atoms with Crippen LogP contribution in [0, 0.1) is 0 Å². The first kappa shape index (κ1) is 15.5. The molecule has 7 heteroatoms. The first-order valence-corrected chi connectivity index (χ1v) is 10.6. The largest absolute Gasteiger partial charge is 0.390 e. The maximum absolute atomic E-state index is 11.7. The number of para-hydroxylation sites is 1. The molecule has 0 radical (unpaired) electrons. The first-order valence-electron chi connectivity index (χ1n) is 8.00. The molecule has 5 nitrogen and oxygen atoms in total. The zero-order chi connectivity index (χ0) is 16.0. The summed E-state index contributed by atoms with van der Waals surface area (Å²) in [6.45, 7) is 1.66. The van der Waals surface area contributed by atoms with Gasteiger partial charge in [-0.25, -0.2) is 13.4 Å². The molecule has 0 spiro atoms. The molecule has 0 amide bonds. The van der Waals surface area contributed by atoms with E-state index in [1.165, 1.54) is 9.71 Å². The van der Waals surface area contributed by atoms with Crippen molar-refractivity contribution in [1.29, 1.82) is 0 Å². The summed E-state index contributed by atoms with van der Waals surface area (Å²) in [6, 6.07) is 7.97. The van der Waals surface area contributed by atoms with Gasteiger partial charge in [-0.1, -0.05) is 12.1 Å². The number of thiazole rings is 1. The number of aliphatic hydroxyl groups is 1. The smallest absolute Gasteiger partial charge is 0.154 e. The summed E-state index contributed by atoms with van der Waals surface area (Å²) in [5.74, 6) is 0.453. The molecule has 1 N–H and O–H groups in total. The van der Waals surface area contributed by atoms with E-state index in [4.69, 9.17) is 4.98 Å². The number of rotatable bonds is 2. The summed E-state index contributed by atoms with van der Waals surface area (Å²) in [4.78, 5) is 6.90. The van der Waals surface area contributed by atoms with Crippen molar-refractivity contribution in [2.75, 3.05) is 24.6 Å². The molecule has 1 aromatic carbocycles. The van der Waals surface area contributed by atoms with Gasteiger partial charge >= 0.3 is 0 Å². The van der Waals surface area contributed by atoms with Crippen LogP contribution in [0.2, 0.25) is 0 Å². The number of benzene rings is 1. The molecule has 124 valence electrons. The van der Waals surface area contributed by atoms with E-state index in [-0.39, 0.29) is 17.5 Å². The zero-order valence-electron chi connectivity index (χ0n) is 12.8. The number of likely N-dealkylation sites (tertiary alicyclic amines) is 1. The molecule has 2 fully saturated rings. The second kappa shape index (κ2) is 5.81. The summed E-state index contributed by atoms with van der Waals surface area (Å²) in [6.07, 6.45) is 1.21. The van der Waals surface area contributed by atoms with Gasteiger partial charge in [0.25, 0.3) is 0 Å². The maximum Gasteiger partial charge on any atom is 0.154 e. The Labute approximate surface area is 139 Å². The van der Waals surface area contributed by atoms with Crippen LogP contribution in [0.3, 0.4) is 0 Å². The molecule has 0 saturated carbocycles. The third-order valence-electron chi connectivity index (χ3n) is 4.95. The summed E-state index contributed by atoms with van der Waals surface area (Å²) in [5.41, 5.74) is 1.06. The highest BCUT2D eigenvalue weighted by atomic mass is 32.2. The molecular formula is C16H20N2O3S2. The first-order chi connectivity index (χ1) is 11.0. The van der Waals surface area contributed by atoms with Crippen LogP contribution in [0.5, 0.6) is 0 Å². The van der Waals surface area contributed by atoms with Crippen LogP contribution in [0.15, 0.2) is 24.3 Å². The molecule has 2 atom stereocenters. The predicted octanol–water partition coefficient (Wildman–Crippen LogP) is 1.63. The molecule has 23 heavy (non-hydrogen) atoms. The SMILES string of the molecule is O=S1(=O)CC(O)C(N2CCC(c3nc4ccccc4s3)CC2)C1. The average molecular weight is 352 g/mol. The van der Waals surface area contributed by atoms with Crippen LogP contribution in [0.1, 0.15) is 23.8 Å². The lowest BCUT2D eigenvalue weighted by atomic mass is 9.96. The summed E-state index contributed by atoms with van der Waals surface area (Å²) in [7, 11) is -3.08. The highest BCUT2D eigenvalue weighted by molar-refractivity contribution is 7.91. The molecule has 2 aliphatic rings. The third kappa shape index (κ3) is 3.03. The van der Waals surface area contributed by atoms with E-state index in [1.54, 1.807) is 11.3 Å². The minimum absolute atomic E-state index is 0.0878. The third-order valence-corrected chi connectivity index (χ3v) is 7.85. The van der Waals surface area contributed by atoms with Crippen LogP contribution < -0.4 is 0 Å². The van der Waals surface area contributed by atoms with E-state index in [2.05, 4.69) is 11.0 Å². The van der Waals surface area contributed by atoms with E-state index in [0.717, 1.165) is 31.4 Å². The van der Waals surface area contributed by atoms with Gasteiger partial charge in [-0.2, -0.15) is 0 Å². The molecule has 1 aromatic heterocycles. The molecule has 2 saturated heterocycles. The lowest BCUT2D eigenvalue weighted by molar-refractivity contribution is 0.0664. The van der Waals surface area contributed by atoms with Crippen molar-refractivity contribution in [3.63, 3.8) is 0 Å². The second-order valence-electron chi connectivity index (χ2n) is 6.54. The number of sulfone groups is 1. The lowest BCUT2D eigenvalue weighted by Crippen LogP contribution is -2.46. The van der Waals surface area contributed by atoms with Gasteiger partial charge in [-0.15, -0.1) is 11.3 Å². The summed E-state index contributed by atoms with van der Waals surface area (Å²) < 4.78 is 24.6. The highest BCUT2D eigenvalue weighted by Gasteiger charge is 2.41. The zero-order valence-corrected chi connectivity index (χ0v) is 14.4. The quantitative estimate of drug-likeness (QED) is 0.890. The predicted molar refractivity (Wildman–Crippen MR) is 91.6 cm³/mol. The minimum Gasteiger partial charge on any atom is -0.390 e. The van der Waals surface area contributed by atoms with Crippen LogP contribution in [-0.2, 0) is 9.84 Å². The van der Waals surface area contributed by atoms with Crippen LogP contribution in [0.4, 0.5) is 0 Å². The van der Waals surface area contributed by atoms with Gasteiger partial charge < -0.3 is 5.11 Å². The molecule has 0 bridgehead atoms. The topological polar surface area (TPSA) is 70.5 Å². The van der Waals surface area contributed by atoms with Gasteiger partial charge in [-0.3, -0.25) is 4.90 Å². The van der Waals surface area contributed by atoms with E-state index in [9.17, 15) is 13.5 Å². The second-order valence-corrected chi connectivity index (χ2v) is 9.76. The molecule has 4 rings (SSSR count). The van der Waals surface area contributed by atoms with Gasteiger partial charge in [0, 0.05) is 5.92 Å². The Bertz CT molecular complexity index is 777. The fraction of sp³-hybridized carbons (Fsp3) is 0.562. The van der Waals surface area contributed by atoms with Gasteiger partial charge in [-0.05, 0) is 38.1 Å². The Morgan fingerprint density at radius 3 is 2.57 bits per heavy atom. The van der Waals surface area contributed by atoms with Crippen molar-refractivity contribution in [2.24, 2.45) is 0 Å². The number of nitrogens with zero attached hydrogens (tertiary/aromatic N) is 2. The van der Waals surface area contributed by atoms with Crippen molar-refractivity contribution in [3.05, 3.63) is 29.3 Å². The van der Waals surface area contributed by atoms with Crippen LogP contribution >= 0.6 is 11.3 Å². The Hall–Kier alpha value is -1.02. The maximum atomic E-state index is 11.7. The fourth-order valence-electron chi connectivity index (χ4n) is 3.70. The Morgan fingerprint density at radius 2 is 1.91 bits per heavy atom. The van der Waals surface area contributed by atoms with E-state index in [0.29, 0.717) is 5.92 Å². The summed E-state index contributed by atoms with van der Waals surface area (Å²) in [5, 5.41) is 11.2. The lowest BCUT2D eigenvalue weighted by Gasteiger charge is -2.36. The van der Waals surface area contributed by atoms with Crippen molar-refractivity contribution in [3.8, 4) is 0 Å². The normalized spacial score (nSPS) is 29.3. The monoisotopic (exact) mass is 352 g/mol. The number of hydrogen-bond acceptors (Lipinski definition) is 6. The Kier molecular flexibility index (Phi) is 3.91. The van der Waals surface area contributed by atoms with Gasteiger partial charge in [0.2, 0.25) is 0 Å². The fourth-order valence-corrected chi connectivity index (χ4v) is 6.67. The highest BCUT2D eigenvalue weighted by Crippen LogP contribution is 2.35. The van der Waals surface area contributed by atoms with Gasteiger partial charge in [0.1, 0.15) is 0 Å². The molecular weight excluding hydrogens is 332 g/mol. The standard InChI is InChI=1S/C16H20N2O3S2/c19-14-10-23(20,21)9-13(14)18-7-5-11(6-8-18)16-17-12-3-1-2-4-15(12)22-16/h1-4,11,13-14,19H,5-10H2. The van der Waals surface area contributed by atoms with E-state index >= 15 is 0 Å². The van der Waals surface area contributed by atoms with Gasteiger partial charge in [0.15, 0.2) is 9.84 Å². The van der Waals surface area contributed by atoms with Crippen LogP contribution in [-0.4, -0.2) is 60.1 Å². The number of aliphatic hydroxyl groups excluding tert-OH is 1. The number of fused-ring (bicyclic) bond motifs is 1. The number of piperidine rings is 1. The Morgan fingerprint density at radius 1 is 1.17 bits per heavy atom. The van der Waals surface area contributed by atoms with E-state index in [1.807, 2.05) is 18.2 Å². The summed E-state index contributed by atoms with van der Waals surface area (Å²) >= 11 is 1.76. The Balaban J connectivity index is 1.45. The molecule has 2 unspecified atom stereocenters. The molecule has 2 aromatic rings.